The molecule has 4 aliphatic heterocycles. The Morgan fingerprint density at radius 1 is 1.15 bits per heavy atom. The van der Waals surface area contributed by atoms with Gasteiger partial charge < -0.3 is 10.1 Å². The van der Waals surface area contributed by atoms with E-state index in [-0.39, 0.29) is 18.6 Å². The van der Waals surface area contributed by atoms with Gasteiger partial charge in [-0.25, -0.2) is 14.1 Å². The van der Waals surface area contributed by atoms with Gasteiger partial charge in [-0.15, -0.1) is 0 Å². The van der Waals surface area contributed by atoms with Crippen LogP contribution in [-0.2, 0) is 24.7 Å². The molecule has 2 aromatic carbocycles. The summed E-state index contributed by atoms with van der Waals surface area (Å²) in [6.07, 6.45) is 1.46. The van der Waals surface area contributed by atoms with Crippen molar-refractivity contribution >= 4 is 35.1 Å². The normalized spacial score (nSPS) is 29.4. The molecule has 0 bridgehead atoms. The van der Waals surface area contributed by atoms with E-state index >= 15 is 0 Å². The Balaban J connectivity index is 1.45. The van der Waals surface area contributed by atoms with E-state index in [1.807, 2.05) is 4.90 Å². The highest BCUT2D eigenvalue weighted by Gasteiger charge is 2.74. The monoisotopic (exact) mass is 463 g/mol. The molecule has 4 atom stereocenters. The van der Waals surface area contributed by atoms with Crippen molar-refractivity contribution in [1.82, 2.24) is 4.90 Å². The zero-order valence-electron chi connectivity index (χ0n) is 18.4. The van der Waals surface area contributed by atoms with Gasteiger partial charge in [-0.05, 0) is 68.8 Å². The average Bonchev–Trinajstić information content (AvgIpc) is 3.53. The van der Waals surface area contributed by atoms with E-state index in [0.717, 1.165) is 11.3 Å². The molecule has 174 valence electrons. The number of imide groups is 1. The highest BCUT2D eigenvalue weighted by Crippen LogP contribution is 2.60. The molecule has 0 aliphatic carbocycles. The number of nitrogens with zero attached hydrogens (tertiary/aromatic N) is 2. The van der Waals surface area contributed by atoms with E-state index in [1.54, 1.807) is 6.92 Å². The second kappa shape index (κ2) is 7.20. The van der Waals surface area contributed by atoms with Gasteiger partial charge in [-0.2, -0.15) is 0 Å². The summed E-state index contributed by atoms with van der Waals surface area (Å²) in [4.78, 5) is 56.1. The Hall–Kier alpha value is -3.59. The fourth-order valence-corrected chi connectivity index (χ4v) is 6.39. The molecule has 34 heavy (non-hydrogen) atoms. The number of hydrogen-bond donors (Lipinski definition) is 1. The van der Waals surface area contributed by atoms with Gasteiger partial charge >= 0.3 is 5.97 Å². The zero-order chi connectivity index (χ0) is 23.8. The van der Waals surface area contributed by atoms with Crippen molar-refractivity contribution in [1.29, 1.82) is 0 Å². The first kappa shape index (κ1) is 21.0. The number of benzene rings is 2. The number of halogens is 1. The van der Waals surface area contributed by atoms with Crippen molar-refractivity contribution in [2.75, 3.05) is 23.4 Å². The number of carbonyl (C=O) groups excluding carboxylic acids is 4. The fourth-order valence-electron chi connectivity index (χ4n) is 6.39. The molecule has 0 saturated carbocycles. The first-order chi connectivity index (χ1) is 16.4. The predicted molar refractivity (Wildman–Crippen MR) is 118 cm³/mol. The standard InChI is InChI=1S/C25H22FN3O5/c1-2-34-23(32)13-5-8-15(9-6-13)29-21(30)19-18-4-3-11-28(18)25(20(19)22(29)31)16-12-14(26)7-10-17(16)27-24(25)33/h5-10,12,18-20H,2-4,11H2,1H3,(H,27,33). The first-order valence-corrected chi connectivity index (χ1v) is 11.4. The molecule has 4 unspecified atom stereocenters. The highest BCUT2D eigenvalue weighted by atomic mass is 19.1. The topological polar surface area (TPSA) is 96.0 Å². The minimum atomic E-state index is -1.42. The number of rotatable bonds is 3. The molecule has 3 amide bonds. The lowest BCUT2D eigenvalue weighted by Crippen LogP contribution is -2.54. The molecule has 6 rings (SSSR count). The van der Waals surface area contributed by atoms with Gasteiger partial charge in [0.15, 0.2) is 0 Å². The van der Waals surface area contributed by atoms with Gasteiger partial charge in [0.25, 0.3) is 0 Å². The molecule has 4 aliphatic rings. The van der Waals surface area contributed by atoms with Crippen molar-refractivity contribution in [3.8, 4) is 0 Å². The Kier molecular flexibility index (Phi) is 4.44. The number of hydrogen-bond acceptors (Lipinski definition) is 6. The van der Waals surface area contributed by atoms with Gasteiger partial charge in [-0.1, -0.05) is 0 Å². The number of anilines is 2. The van der Waals surface area contributed by atoms with Crippen LogP contribution in [0.15, 0.2) is 42.5 Å². The van der Waals surface area contributed by atoms with Crippen molar-refractivity contribution < 1.29 is 28.3 Å². The quantitative estimate of drug-likeness (QED) is 0.555. The molecular formula is C25H22FN3O5. The smallest absolute Gasteiger partial charge is 0.338 e. The first-order valence-electron chi connectivity index (χ1n) is 11.4. The number of carbonyl (C=O) groups is 4. The molecule has 1 N–H and O–H groups in total. The molecule has 9 heteroatoms. The van der Waals surface area contributed by atoms with Crippen LogP contribution in [0.5, 0.6) is 0 Å². The molecular weight excluding hydrogens is 441 g/mol. The molecule has 4 heterocycles. The maximum Gasteiger partial charge on any atom is 0.338 e. The van der Waals surface area contributed by atoms with Gasteiger partial charge in [0.2, 0.25) is 17.7 Å². The van der Waals surface area contributed by atoms with Crippen molar-refractivity contribution in [3.63, 3.8) is 0 Å². The molecule has 2 aromatic rings. The second-order valence-corrected chi connectivity index (χ2v) is 9.10. The second-order valence-electron chi connectivity index (χ2n) is 9.10. The van der Waals surface area contributed by atoms with Gasteiger partial charge in [0, 0.05) is 17.3 Å². The summed E-state index contributed by atoms with van der Waals surface area (Å²) >= 11 is 0. The lowest BCUT2D eigenvalue weighted by molar-refractivity contribution is -0.135. The third-order valence-electron chi connectivity index (χ3n) is 7.59. The minimum absolute atomic E-state index is 0.233. The van der Waals surface area contributed by atoms with Crippen molar-refractivity contribution in [2.45, 2.75) is 31.3 Å². The van der Waals surface area contributed by atoms with Crippen LogP contribution in [0.2, 0.25) is 0 Å². The Labute approximate surface area is 194 Å². The molecule has 0 radical (unpaired) electrons. The van der Waals surface area contributed by atoms with Crippen molar-refractivity contribution in [3.05, 3.63) is 59.4 Å². The molecule has 1 spiro atoms. The molecule has 3 saturated heterocycles. The maximum atomic E-state index is 14.3. The van der Waals surface area contributed by atoms with Crippen LogP contribution in [0, 0.1) is 17.7 Å². The highest BCUT2D eigenvalue weighted by molar-refractivity contribution is 6.25. The Morgan fingerprint density at radius 3 is 2.65 bits per heavy atom. The summed E-state index contributed by atoms with van der Waals surface area (Å²) in [5, 5.41) is 2.82. The van der Waals surface area contributed by atoms with Crippen LogP contribution in [0.1, 0.15) is 35.7 Å². The Bertz CT molecular complexity index is 1260. The third kappa shape index (κ3) is 2.50. The van der Waals surface area contributed by atoms with Crippen LogP contribution in [-0.4, -0.2) is 47.8 Å². The number of ether oxygens (including phenoxy) is 1. The summed E-state index contributed by atoms with van der Waals surface area (Å²) < 4.78 is 19.3. The molecule has 0 aromatic heterocycles. The zero-order valence-corrected chi connectivity index (χ0v) is 18.4. The SMILES string of the molecule is CCOC(=O)c1ccc(N2C(=O)C3C4CCCN4C4(C(=O)Nc5ccc(F)cc54)C3C2=O)cc1. The van der Waals surface area contributed by atoms with E-state index in [0.29, 0.717) is 35.5 Å². The largest absolute Gasteiger partial charge is 0.462 e. The Morgan fingerprint density at radius 2 is 1.91 bits per heavy atom. The minimum Gasteiger partial charge on any atom is -0.462 e. The average molecular weight is 463 g/mol. The summed E-state index contributed by atoms with van der Waals surface area (Å²) in [5.74, 6) is -3.92. The number of amides is 3. The molecule has 3 fully saturated rings. The summed E-state index contributed by atoms with van der Waals surface area (Å²) in [6, 6.07) is 9.87. The molecule has 8 nitrogen and oxygen atoms in total. The number of nitrogens with one attached hydrogen (secondary N) is 1. The van der Waals surface area contributed by atoms with Crippen LogP contribution in [0.4, 0.5) is 15.8 Å². The van der Waals surface area contributed by atoms with E-state index in [4.69, 9.17) is 4.74 Å². The maximum absolute atomic E-state index is 14.3. The fraction of sp³-hybridized carbons (Fsp3) is 0.360. The van der Waals surface area contributed by atoms with Crippen LogP contribution >= 0.6 is 0 Å². The summed E-state index contributed by atoms with van der Waals surface area (Å²) in [6.45, 7) is 2.49. The van der Waals surface area contributed by atoms with E-state index in [2.05, 4.69) is 5.32 Å². The van der Waals surface area contributed by atoms with E-state index < -0.39 is 41.0 Å². The summed E-state index contributed by atoms with van der Waals surface area (Å²) in [7, 11) is 0. The lowest BCUT2D eigenvalue weighted by atomic mass is 9.75. The van der Waals surface area contributed by atoms with E-state index in [1.165, 1.54) is 42.5 Å². The van der Waals surface area contributed by atoms with E-state index in [9.17, 15) is 23.6 Å². The number of esters is 1. The van der Waals surface area contributed by atoms with Gasteiger partial charge in [-0.3, -0.25) is 19.3 Å². The third-order valence-corrected chi connectivity index (χ3v) is 7.59. The van der Waals surface area contributed by atoms with Crippen LogP contribution < -0.4 is 10.2 Å². The van der Waals surface area contributed by atoms with Crippen LogP contribution in [0.25, 0.3) is 0 Å². The lowest BCUT2D eigenvalue weighted by Gasteiger charge is -2.36. The van der Waals surface area contributed by atoms with Crippen molar-refractivity contribution in [2.24, 2.45) is 11.8 Å². The summed E-state index contributed by atoms with van der Waals surface area (Å²) in [5.41, 5.74) is 0.0981. The van der Waals surface area contributed by atoms with Crippen LogP contribution in [0.3, 0.4) is 0 Å². The van der Waals surface area contributed by atoms with Gasteiger partial charge in [0.1, 0.15) is 11.4 Å². The van der Waals surface area contributed by atoms with Gasteiger partial charge in [0.05, 0.1) is 29.7 Å². The predicted octanol–water partition coefficient (Wildman–Crippen LogP) is 2.43. The number of fused-ring (bicyclic) bond motifs is 7.